The molecule has 1 aromatic rings. The van der Waals surface area contributed by atoms with Crippen LogP contribution in [-0.4, -0.2) is 24.6 Å². The quantitative estimate of drug-likeness (QED) is 0.739. The normalized spacial score (nSPS) is 11.8. The van der Waals surface area contributed by atoms with Crippen LogP contribution in [0.5, 0.6) is 0 Å². The Hall–Kier alpha value is -2.08. The zero-order valence-corrected chi connectivity index (χ0v) is 15.7. The van der Waals surface area contributed by atoms with Gasteiger partial charge in [0.15, 0.2) is 0 Å². The highest BCUT2D eigenvalue weighted by Gasteiger charge is 2.21. The monoisotopic (exact) mass is 335 g/mol. The van der Waals surface area contributed by atoms with E-state index in [0.29, 0.717) is 12.1 Å². The molecule has 0 atom stereocenters. The van der Waals surface area contributed by atoms with Crippen molar-refractivity contribution >= 4 is 12.0 Å². The molecule has 3 N–H and O–H groups in total. The van der Waals surface area contributed by atoms with E-state index in [1.54, 1.807) is 27.8 Å². The molecule has 0 aromatic heterocycles. The van der Waals surface area contributed by atoms with Crippen molar-refractivity contribution in [3.05, 3.63) is 34.9 Å². The van der Waals surface area contributed by atoms with Gasteiger partial charge in [0.1, 0.15) is 5.60 Å². The van der Waals surface area contributed by atoms with Gasteiger partial charge in [-0.05, 0) is 43.4 Å². The molecule has 0 bridgehead atoms. The van der Waals surface area contributed by atoms with E-state index >= 15 is 0 Å². The predicted molar refractivity (Wildman–Crippen MR) is 94.7 cm³/mol. The van der Waals surface area contributed by atoms with Crippen molar-refractivity contribution < 1.29 is 14.3 Å². The zero-order chi connectivity index (χ0) is 18.5. The first kappa shape index (κ1) is 20.0. The van der Waals surface area contributed by atoms with Crippen molar-refractivity contribution in [3.8, 4) is 0 Å². The van der Waals surface area contributed by atoms with Crippen LogP contribution in [0.15, 0.2) is 18.2 Å². The summed E-state index contributed by atoms with van der Waals surface area (Å²) in [6.45, 7) is 12.0. The lowest BCUT2D eigenvalue weighted by atomic mass is 9.83. The third-order valence-corrected chi connectivity index (χ3v) is 3.25. The van der Waals surface area contributed by atoms with Crippen LogP contribution in [0.25, 0.3) is 0 Å². The smallest absolute Gasteiger partial charge is 0.422 e. The number of amides is 2. The molecular formula is C18H29N3O3. The Morgan fingerprint density at radius 3 is 2.21 bits per heavy atom. The Kier molecular flexibility index (Phi) is 6.37. The maximum Gasteiger partial charge on any atom is 0.422 e. The molecule has 0 aliphatic rings. The van der Waals surface area contributed by atoms with Gasteiger partial charge in [-0.25, -0.2) is 10.2 Å². The summed E-state index contributed by atoms with van der Waals surface area (Å²) in [5, 5.41) is 2.67. The molecule has 0 saturated carbocycles. The third kappa shape index (κ3) is 6.20. The lowest BCUT2D eigenvalue weighted by Crippen LogP contribution is -2.40. The number of carbonyl (C=O) groups excluding carboxylic acids is 2. The zero-order valence-electron chi connectivity index (χ0n) is 15.7. The van der Waals surface area contributed by atoms with Crippen LogP contribution in [0, 0.1) is 0 Å². The second-order valence-corrected chi connectivity index (χ2v) is 7.69. The van der Waals surface area contributed by atoms with E-state index in [4.69, 9.17) is 4.74 Å². The van der Waals surface area contributed by atoms with E-state index < -0.39 is 11.7 Å². The molecule has 0 aliphatic carbocycles. The maximum atomic E-state index is 12.2. The molecule has 0 unspecified atom stereocenters. The number of rotatable bonds is 4. The summed E-state index contributed by atoms with van der Waals surface area (Å²) < 4.78 is 5.14. The first-order chi connectivity index (χ1) is 10.9. The number of nitrogens with one attached hydrogen (secondary N) is 3. The van der Waals surface area contributed by atoms with E-state index in [9.17, 15) is 9.59 Å². The fourth-order valence-corrected chi connectivity index (χ4v) is 2.20. The Bertz CT molecular complexity index is 599. The molecule has 24 heavy (non-hydrogen) atoms. The van der Waals surface area contributed by atoms with Gasteiger partial charge in [0.2, 0.25) is 0 Å². The topological polar surface area (TPSA) is 79.5 Å². The molecule has 0 saturated heterocycles. The minimum Gasteiger partial charge on any atom is -0.443 e. The Morgan fingerprint density at radius 2 is 1.71 bits per heavy atom. The summed E-state index contributed by atoms with van der Waals surface area (Å²) in [5.74, 6) is -0.123. The number of ether oxygens (including phenoxy) is 1. The molecule has 0 fully saturated rings. The Labute approximate surface area is 144 Å². The number of hydrogen-bond donors (Lipinski definition) is 3. The molecule has 1 rings (SSSR count). The fourth-order valence-electron chi connectivity index (χ4n) is 2.20. The highest BCUT2D eigenvalue weighted by atomic mass is 16.6. The summed E-state index contributed by atoms with van der Waals surface area (Å²) in [6.07, 6.45) is -0.541. The van der Waals surface area contributed by atoms with Crippen molar-refractivity contribution in [2.45, 2.75) is 59.1 Å². The molecule has 134 valence electrons. The Balaban J connectivity index is 2.80. The number of benzene rings is 1. The second-order valence-electron chi connectivity index (χ2n) is 7.69. The van der Waals surface area contributed by atoms with Crippen LogP contribution in [0.4, 0.5) is 4.79 Å². The third-order valence-electron chi connectivity index (χ3n) is 3.25. The summed E-state index contributed by atoms with van der Waals surface area (Å²) in [4.78, 5) is 23.7. The largest absolute Gasteiger partial charge is 0.443 e. The van der Waals surface area contributed by atoms with Gasteiger partial charge in [0, 0.05) is 19.2 Å². The summed E-state index contributed by atoms with van der Waals surface area (Å²) in [7, 11) is 1.61. The molecule has 0 aliphatic heterocycles. The lowest BCUT2D eigenvalue weighted by Gasteiger charge is -2.23. The second kappa shape index (κ2) is 7.66. The number of carbonyl (C=O) groups is 2. The summed E-state index contributed by atoms with van der Waals surface area (Å²) in [5.41, 5.74) is 7.11. The van der Waals surface area contributed by atoms with Crippen LogP contribution in [0.3, 0.4) is 0 Å². The maximum absolute atomic E-state index is 12.2. The molecular weight excluding hydrogens is 306 g/mol. The van der Waals surface area contributed by atoms with Crippen LogP contribution >= 0.6 is 0 Å². The van der Waals surface area contributed by atoms with Gasteiger partial charge in [-0.15, -0.1) is 0 Å². The van der Waals surface area contributed by atoms with Crippen LogP contribution < -0.4 is 16.2 Å². The van der Waals surface area contributed by atoms with Crippen molar-refractivity contribution in [2.75, 3.05) is 7.05 Å². The highest BCUT2D eigenvalue weighted by Crippen LogP contribution is 2.26. The molecule has 0 radical (unpaired) electrons. The molecule has 0 spiro atoms. The van der Waals surface area contributed by atoms with E-state index in [1.807, 2.05) is 18.2 Å². The van der Waals surface area contributed by atoms with E-state index in [0.717, 1.165) is 11.1 Å². The van der Waals surface area contributed by atoms with Gasteiger partial charge < -0.3 is 10.1 Å². The lowest BCUT2D eigenvalue weighted by molar-refractivity contribution is 0.0496. The minimum absolute atomic E-state index is 0.123. The predicted octanol–water partition coefficient (Wildman–Crippen LogP) is 2.87. The van der Waals surface area contributed by atoms with Gasteiger partial charge in [0.25, 0.3) is 5.91 Å². The van der Waals surface area contributed by atoms with Crippen LogP contribution in [0.2, 0.25) is 0 Å². The van der Waals surface area contributed by atoms with Gasteiger partial charge >= 0.3 is 6.09 Å². The van der Waals surface area contributed by atoms with Crippen LogP contribution in [0.1, 0.15) is 63.0 Å². The summed E-state index contributed by atoms with van der Waals surface area (Å²) in [6, 6.07) is 5.73. The molecule has 2 amide bonds. The molecule has 1 aromatic carbocycles. The van der Waals surface area contributed by atoms with E-state index in [-0.39, 0.29) is 11.3 Å². The summed E-state index contributed by atoms with van der Waals surface area (Å²) >= 11 is 0. The van der Waals surface area contributed by atoms with Crippen molar-refractivity contribution in [1.29, 1.82) is 0 Å². The van der Waals surface area contributed by atoms with Gasteiger partial charge in [-0.3, -0.25) is 10.2 Å². The first-order valence-corrected chi connectivity index (χ1v) is 8.01. The van der Waals surface area contributed by atoms with Crippen molar-refractivity contribution in [2.24, 2.45) is 0 Å². The molecule has 0 heterocycles. The van der Waals surface area contributed by atoms with Crippen molar-refractivity contribution in [1.82, 2.24) is 16.2 Å². The Morgan fingerprint density at radius 1 is 1.08 bits per heavy atom. The standard InChI is InChI=1S/C18H29N3O3/c1-17(2,3)14-9-8-12(10-13(14)15(22)19-7)11-20-21-16(23)24-18(4,5)6/h8-10,20H,11H2,1-7H3,(H,19,22)(H,21,23). The average Bonchev–Trinajstić information content (AvgIpc) is 2.43. The fraction of sp³-hybridized carbons (Fsp3) is 0.556. The van der Waals surface area contributed by atoms with E-state index in [2.05, 4.69) is 36.9 Å². The molecule has 6 heteroatoms. The van der Waals surface area contributed by atoms with Crippen LogP contribution in [-0.2, 0) is 16.7 Å². The highest BCUT2D eigenvalue weighted by molar-refractivity contribution is 5.96. The first-order valence-electron chi connectivity index (χ1n) is 8.01. The number of hydrogen-bond acceptors (Lipinski definition) is 4. The average molecular weight is 335 g/mol. The van der Waals surface area contributed by atoms with Gasteiger partial charge in [-0.1, -0.05) is 32.9 Å². The minimum atomic E-state index is -0.549. The molecule has 6 nitrogen and oxygen atoms in total. The van der Waals surface area contributed by atoms with E-state index in [1.165, 1.54) is 0 Å². The van der Waals surface area contributed by atoms with Crippen molar-refractivity contribution in [3.63, 3.8) is 0 Å². The SMILES string of the molecule is CNC(=O)c1cc(CNNC(=O)OC(C)(C)C)ccc1C(C)(C)C. The van der Waals surface area contributed by atoms with Gasteiger partial charge in [0.05, 0.1) is 0 Å². The van der Waals surface area contributed by atoms with Gasteiger partial charge in [-0.2, -0.15) is 0 Å². The number of hydrazine groups is 1.